The molecular formula is C11H16N4O3. The van der Waals surface area contributed by atoms with Gasteiger partial charge in [0, 0.05) is 19.7 Å². The maximum Gasteiger partial charge on any atom is 0.311 e. The number of pyridine rings is 1. The maximum atomic E-state index is 11.0. The van der Waals surface area contributed by atoms with Crippen LogP contribution in [0.4, 0.5) is 17.3 Å². The van der Waals surface area contributed by atoms with Crippen LogP contribution in [-0.4, -0.2) is 41.3 Å². The largest absolute Gasteiger partial charge is 0.394 e. The standard InChI is InChI=1S/C11H16N4O3/c1-12-10-5-4-9(15(17)18)11(13-10)14-6-2-3-8(14)7-16/h4-5,8,16H,2-3,6-7H2,1H3,(H,12,13). The Morgan fingerprint density at radius 2 is 2.44 bits per heavy atom. The van der Waals surface area contributed by atoms with Crippen LogP contribution in [0.3, 0.4) is 0 Å². The Morgan fingerprint density at radius 1 is 1.67 bits per heavy atom. The van der Waals surface area contributed by atoms with E-state index in [1.807, 2.05) is 4.90 Å². The van der Waals surface area contributed by atoms with Gasteiger partial charge in [-0.05, 0) is 18.9 Å². The number of anilines is 2. The highest BCUT2D eigenvalue weighted by molar-refractivity contribution is 5.62. The summed E-state index contributed by atoms with van der Waals surface area (Å²) >= 11 is 0. The van der Waals surface area contributed by atoms with E-state index in [9.17, 15) is 15.2 Å². The van der Waals surface area contributed by atoms with E-state index in [0.29, 0.717) is 18.2 Å². The van der Waals surface area contributed by atoms with Crippen LogP contribution in [0.15, 0.2) is 12.1 Å². The zero-order chi connectivity index (χ0) is 13.1. The van der Waals surface area contributed by atoms with Crippen molar-refractivity contribution in [3.05, 3.63) is 22.2 Å². The third kappa shape index (κ3) is 2.21. The van der Waals surface area contributed by atoms with Crippen LogP contribution >= 0.6 is 0 Å². The number of hydrogen-bond acceptors (Lipinski definition) is 6. The number of nitrogens with one attached hydrogen (secondary N) is 1. The van der Waals surface area contributed by atoms with Gasteiger partial charge in [-0.1, -0.05) is 0 Å². The minimum atomic E-state index is -0.436. The first-order valence-corrected chi connectivity index (χ1v) is 5.88. The van der Waals surface area contributed by atoms with Crippen molar-refractivity contribution in [3.63, 3.8) is 0 Å². The molecule has 0 radical (unpaired) electrons. The Kier molecular flexibility index (Phi) is 3.61. The number of aliphatic hydroxyl groups is 1. The molecule has 1 aliphatic heterocycles. The number of nitrogens with zero attached hydrogens (tertiary/aromatic N) is 3. The zero-order valence-corrected chi connectivity index (χ0v) is 10.2. The van der Waals surface area contributed by atoms with Gasteiger partial charge in [-0.2, -0.15) is 0 Å². The molecule has 1 aliphatic rings. The summed E-state index contributed by atoms with van der Waals surface area (Å²) in [4.78, 5) is 16.7. The Hall–Kier alpha value is -1.89. The normalized spacial score (nSPS) is 19.0. The molecule has 1 saturated heterocycles. The van der Waals surface area contributed by atoms with E-state index in [4.69, 9.17) is 0 Å². The molecule has 1 atom stereocenters. The number of aliphatic hydroxyl groups excluding tert-OH is 1. The number of nitro groups is 1. The van der Waals surface area contributed by atoms with Crippen molar-refractivity contribution in [2.45, 2.75) is 18.9 Å². The third-order valence-electron chi connectivity index (χ3n) is 3.17. The van der Waals surface area contributed by atoms with Crippen molar-refractivity contribution in [1.82, 2.24) is 4.98 Å². The summed E-state index contributed by atoms with van der Waals surface area (Å²) in [5, 5.41) is 23.2. The average Bonchev–Trinajstić information content (AvgIpc) is 2.85. The van der Waals surface area contributed by atoms with Gasteiger partial charge in [0.2, 0.25) is 5.82 Å². The molecule has 98 valence electrons. The highest BCUT2D eigenvalue weighted by Gasteiger charge is 2.30. The van der Waals surface area contributed by atoms with Crippen LogP contribution in [0.5, 0.6) is 0 Å². The van der Waals surface area contributed by atoms with Gasteiger partial charge in [0.15, 0.2) is 0 Å². The van der Waals surface area contributed by atoms with E-state index in [1.165, 1.54) is 6.07 Å². The zero-order valence-electron chi connectivity index (χ0n) is 10.2. The SMILES string of the molecule is CNc1ccc([N+](=O)[O-])c(N2CCCC2CO)n1. The van der Waals surface area contributed by atoms with Crippen LogP contribution in [0.2, 0.25) is 0 Å². The summed E-state index contributed by atoms with van der Waals surface area (Å²) < 4.78 is 0. The first kappa shape index (κ1) is 12.6. The van der Waals surface area contributed by atoms with Crippen LogP contribution in [0.25, 0.3) is 0 Å². The average molecular weight is 252 g/mol. The lowest BCUT2D eigenvalue weighted by Crippen LogP contribution is -2.33. The third-order valence-corrected chi connectivity index (χ3v) is 3.17. The van der Waals surface area contributed by atoms with E-state index in [2.05, 4.69) is 10.3 Å². The Morgan fingerprint density at radius 3 is 3.06 bits per heavy atom. The van der Waals surface area contributed by atoms with Gasteiger partial charge in [0.25, 0.3) is 0 Å². The monoisotopic (exact) mass is 252 g/mol. The van der Waals surface area contributed by atoms with Gasteiger partial charge >= 0.3 is 5.69 Å². The minimum absolute atomic E-state index is 0.0113. The minimum Gasteiger partial charge on any atom is -0.394 e. The van der Waals surface area contributed by atoms with Crippen molar-refractivity contribution in [2.24, 2.45) is 0 Å². The molecule has 7 heteroatoms. The lowest BCUT2D eigenvalue weighted by atomic mass is 10.2. The summed E-state index contributed by atoms with van der Waals surface area (Å²) in [7, 11) is 1.71. The second-order valence-corrected chi connectivity index (χ2v) is 4.22. The number of rotatable bonds is 4. The van der Waals surface area contributed by atoms with Gasteiger partial charge in [-0.15, -0.1) is 0 Å². The molecule has 0 bridgehead atoms. The predicted molar refractivity (Wildman–Crippen MR) is 67.9 cm³/mol. The van der Waals surface area contributed by atoms with E-state index in [0.717, 1.165) is 12.8 Å². The molecule has 7 nitrogen and oxygen atoms in total. The Balaban J connectivity index is 2.42. The van der Waals surface area contributed by atoms with Gasteiger partial charge in [0.05, 0.1) is 17.6 Å². The van der Waals surface area contributed by atoms with Gasteiger partial charge < -0.3 is 15.3 Å². The number of aromatic nitrogens is 1. The molecule has 0 aromatic carbocycles. The van der Waals surface area contributed by atoms with E-state index >= 15 is 0 Å². The van der Waals surface area contributed by atoms with E-state index in [-0.39, 0.29) is 18.3 Å². The smallest absolute Gasteiger partial charge is 0.311 e. The number of hydrogen-bond donors (Lipinski definition) is 2. The topological polar surface area (TPSA) is 91.5 Å². The fourth-order valence-electron chi connectivity index (χ4n) is 2.24. The first-order valence-electron chi connectivity index (χ1n) is 5.88. The molecule has 18 heavy (non-hydrogen) atoms. The summed E-state index contributed by atoms with van der Waals surface area (Å²) in [5.41, 5.74) is -0.0191. The molecule has 0 amide bonds. The van der Waals surface area contributed by atoms with Gasteiger partial charge in [0.1, 0.15) is 5.82 Å². The summed E-state index contributed by atoms with van der Waals surface area (Å²) in [6.45, 7) is 0.675. The predicted octanol–water partition coefficient (Wildman–Crippen LogP) is 0.993. The van der Waals surface area contributed by atoms with Crippen LogP contribution < -0.4 is 10.2 Å². The molecule has 0 aliphatic carbocycles. The maximum absolute atomic E-state index is 11.0. The van der Waals surface area contributed by atoms with Gasteiger partial charge in [-0.3, -0.25) is 10.1 Å². The lowest BCUT2D eigenvalue weighted by molar-refractivity contribution is -0.384. The van der Waals surface area contributed by atoms with Crippen molar-refractivity contribution in [3.8, 4) is 0 Å². The van der Waals surface area contributed by atoms with Crippen molar-refractivity contribution < 1.29 is 10.0 Å². The molecule has 1 fully saturated rings. The quantitative estimate of drug-likeness (QED) is 0.613. The van der Waals surface area contributed by atoms with Crippen LogP contribution in [-0.2, 0) is 0 Å². The fraction of sp³-hybridized carbons (Fsp3) is 0.545. The first-order chi connectivity index (χ1) is 8.67. The fourth-order valence-corrected chi connectivity index (χ4v) is 2.24. The summed E-state index contributed by atoms with van der Waals surface area (Å²) in [5.74, 6) is 0.919. The second-order valence-electron chi connectivity index (χ2n) is 4.22. The summed E-state index contributed by atoms with van der Waals surface area (Å²) in [6, 6.07) is 2.94. The van der Waals surface area contributed by atoms with Gasteiger partial charge in [-0.25, -0.2) is 4.98 Å². The van der Waals surface area contributed by atoms with Crippen molar-refractivity contribution >= 4 is 17.3 Å². The molecule has 2 heterocycles. The molecule has 2 rings (SSSR count). The second kappa shape index (κ2) is 5.18. The summed E-state index contributed by atoms with van der Waals surface area (Å²) in [6.07, 6.45) is 1.74. The molecule has 0 saturated carbocycles. The Labute approximate surface area is 105 Å². The molecular weight excluding hydrogens is 236 g/mol. The molecule has 1 aromatic heterocycles. The lowest BCUT2D eigenvalue weighted by Gasteiger charge is -2.24. The molecule has 2 N–H and O–H groups in total. The van der Waals surface area contributed by atoms with E-state index < -0.39 is 4.92 Å². The highest BCUT2D eigenvalue weighted by atomic mass is 16.6. The van der Waals surface area contributed by atoms with Crippen LogP contribution in [0.1, 0.15) is 12.8 Å². The van der Waals surface area contributed by atoms with E-state index in [1.54, 1.807) is 13.1 Å². The highest BCUT2D eigenvalue weighted by Crippen LogP contribution is 2.32. The molecule has 1 aromatic rings. The van der Waals surface area contributed by atoms with Crippen molar-refractivity contribution in [2.75, 3.05) is 30.4 Å². The van der Waals surface area contributed by atoms with Crippen LogP contribution in [0, 0.1) is 10.1 Å². The van der Waals surface area contributed by atoms with Crippen molar-refractivity contribution in [1.29, 1.82) is 0 Å². The molecule has 1 unspecified atom stereocenters. The molecule has 0 spiro atoms. The Bertz CT molecular complexity index is 452.